The predicted molar refractivity (Wildman–Crippen MR) is 68.8 cm³/mol. The van der Waals surface area contributed by atoms with Gasteiger partial charge in [0.15, 0.2) is 11.3 Å². The van der Waals surface area contributed by atoms with Crippen molar-refractivity contribution in [1.29, 1.82) is 0 Å². The smallest absolute Gasteiger partial charge is 0.269 e. The third-order valence-electron chi connectivity index (χ3n) is 4.86. The molecule has 23 heavy (non-hydrogen) atoms. The van der Waals surface area contributed by atoms with Gasteiger partial charge in [0.25, 0.3) is 5.92 Å². The summed E-state index contributed by atoms with van der Waals surface area (Å²) in [6, 6.07) is 0. The first-order valence-electron chi connectivity index (χ1n) is 6.79. The van der Waals surface area contributed by atoms with Gasteiger partial charge in [-0.15, -0.1) is 0 Å². The van der Waals surface area contributed by atoms with Crippen LogP contribution in [0.3, 0.4) is 0 Å². The van der Waals surface area contributed by atoms with E-state index in [1.165, 1.54) is 0 Å². The van der Waals surface area contributed by atoms with E-state index >= 15 is 0 Å². The molecular formula is C14H21F9. The van der Waals surface area contributed by atoms with Gasteiger partial charge in [-0.05, 0) is 13.8 Å². The lowest BCUT2D eigenvalue weighted by atomic mass is 9.58. The number of rotatable bonds is 2. The highest BCUT2D eigenvalue weighted by Gasteiger charge is 2.75. The minimum Gasteiger partial charge on any atom is -0.269 e. The van der Waals surface area contributed by atoms with Crippen molar-refractivity contribution in [3.8, 4) is 0 Å². The summed E-state index contributed by atoms with van der Waals surface area (Å²) in [5.41, 5.74) is -13.2. The summed E-state index contributed by atoms with van der Waals surface area (Å²) in [6.07, 6.45) is -3.27. The minimum absolute atomic E-state index is 0. The van der Waals surface area contributed by atoms with Gasteiger partial charge < -0.3 is 0 Å². The molecule has 1 saturated carbocycles. The highest BCUT2D eigenvalue weighted by Crippen LogP contribution is 2.63. The zero-order valence-electron chi connectivity index (χ0n) is 13.3. The van der Waals surface area contributed by atoms with Gasteiger partial charge in [-0.25, -0.2) is 17.6 Å². The Bertz CT molecular complexity index is 396. The van der Waals surface area contributed by atoms with Crippen molar-refractivity contribution >= 4 is 0 Å². The quantitative estimate of drug-likeness (QED) is 0.562. The second-order valence-electron chi connectivity index (χ2n) is 7.29. The van der Waals surface area contributed by atoms with Gasteiger partial charge in [0.1, 0.15) is 13.3 Å². The van der Waals surface area contributed by atoms with Crippen LogP contribution in [0.1, 0.15) is 40.5 Å². The van der Waals surface area contributed by atoms with Gasteiger partial charge >= 0.3 is 5.92 Å². The third-order valence-corrected chi connectivity index (χ3v) is 4.86. The molecule has 0 heterocycles. The molecule has 0 saturated heterocycles. The molecular weight excluding hydrogens is 339 g/mol. The zero-order chi connectivity index (χ0) is 17.8. The van der Waals surface area contributed by atoms with Crippen molar-refractivity contribution in [2.45, 2.75) is 63.7 Å². The average molecular weight is 360 g/mol. The van der Waals surface area contributed by atoms with Crippen LogP contribution in [0.4, 0.5) is 39.8 Å². The third kappa shape index (κ3) is 2.81. The maximum Gasteiger partial charge on any atom is 0.314 e. The Morgan fingerprint density at radius 1 is 0.609 bits per heavy atom. The number of hydrogen-bond acceptors (Lipinski definition) is 0. The second kappa shape index (κ2) is 5.72. The summed E-state index contributed by atoms with van der Waals surface area (Å²) in [6.45, 7) is -1.98. The fourth-order valence-electron chi connectivity index (χ4n) is 3.44. The lowest BCUT2D eigenvalue weighted by Crippen LogP contribution is -2.67. The van der Waals surface area contributed by atoms with Crippen molar-refractivity contribution in [2.75, 3.05) is 13.3 Å². The normalized spacial score (nSPS) is 46.4. The molecule has 9 heteroatoms. The first-order chi connectivity index (χ1) is 9.54. The second-order valence-corrected chi connectivity index (χ2v) is 7.29. The number of halogens is 9. The van der Waals surface area contributed by atoms with Crippen LogP contribution in [-0.4, -0.2) is 36.5 Å². The maximum absolute atomic E-state index is 14.6. The Morgan fingerprint density at radius 3 is 1.09 bits per heavy atom. The summed E-state index contributed by atoms with van der Waals surface area (Å²) in [4.78, 5) is 0. The highest BCUT2D eigenvalue weighted by atomic mass is 19.3. The van der Waals surface area contributed by atoms with Crippen LogP contribution < -0.4 is 0 Å². The van der Waals surface area contributed by atoms with E-state index in [1.807, 2.05) is 0 Å². The van der Waals surface area contributed by atoms with Crippen molar-refractivity contribution in [1.82, 2.24) is 0 Å². The summed E-state index contributed by atoms with van der Waals surface area (Å²) >= 11 is 0. The summed E-state index contributed by atoms with van der Waals surface area (Å²) in [5, 5.41) is 0. The predicted octanol–water partition coefficient (Wildman–Crippen LogP) is 5.61. The molecule has 0 aromatic heterocycles. The molecule has 0 aliphatic heterocycles. The van der Waals surface area contributed by atoms with Crippen LogP contribution in [0.2, 0.25) is 0 Å². The largest absolute Gasteiger partial charge is 0.314 e. The molecule has 0 N–H and O–H groups in total. The summed E-state index contributed by atoms with van der Waals surface area (Å²) in [7, 11) is 0. The van der Waals surface area contributed by atoms with E-state index < -0.39 is 60.2 Å². The maximum atomic E-state index is 14.6. The molecule has 0 aromatic carbocycles. The van der Waals surface area contributed by atoms with Crippen LogP contribution in [-0.2, 0) is 0 Å². The van der Waals surface area contributed by atoms with E-state index in [0.717, 1.165) is 0 Å². The standard InChI is InChI=1S/C14H20F8.FH/c1-9(7-15)5-11(3,17)14(21,22)12(4,18)6-10(2,8-16)13(9,19)20;/h5-8H2,1-4H3;1H. The first-order valence-corrected chi connectivity index (χ1v) is 6.79. The fourth-order valence-corrected chi connectivity index (χ4v) is 3.44. The van der Waals surface area contributed by atoms with Crippen molar-refractivity contribution in [2.24, 2.45) is 10.8 Å². The molecule has 140 valence electrons. The van der Waals surface area contributed by atoms with E-state index in [9.17, 15) is 35.1 Å². The lowest BCUT2D eigenvalue weighted by molar-refractivity contribution is -0.298. The molecule has 0 bridgehead atoms. The summed E-state index contributed by atoms with van der Waals surface area (Å²) in [5.74, 6) is -8.90. The Hall–Kier alpha value is -0.630. The Balaban J connectivity index is 0.00000484. The van der Waals surface area contributed by atoms with Crippen molar-refractivity contribution < 1.29 is 39.8 Å². The van der Waals surface area contributed by atoms with Gasteiger partial charge in [0.2, 0.25) is 0 Å². The van der Waals surface area contributed by atoms with Gasteiger partial charge in [0.05, 0.1) is 10.8 Å². The summed E-state index contributed by atoms with van der Waals surface area (Å²) < 4.78 is 113. The first kappa shape index (κ1) is 22.4. The van der Waals surface area contributed by atoms with E-state index in [4.69, 9.17) is 0 Å². The van der Waals surface area contributed by atoms with E-state index in [-0.39, 0.29) is 18.6 Å². The molecule has 0 amide bonds. The molecule has 0 nitrogen and oxygen atoms in total. The van der Waals surface area contributed by atoms with Gasteiger partial charge in [-0.1, -0.05) is 13.8 Å². The number of alkyl halides is 8. The van der Waals surface area contributed by atoms with E-state index in [2.05, 4.69) is 0 Å². The van der Waals surface area contributed by atoms with E-state index in [0.29, 0.717) is 13.8 Å². The van der Waals surface area contributed by atoms with Crippen molar-refractivity contribution in [3.63, 3.8) is 0 Å². The molecule has 4 unspecified atom stereocenters. The van der Waals surface area contributed by atoms with Gasteiger partial charge in [-0.3, -0.25) is 13.5 Å². The van der Waals surface area contributed by atoms with E-state index in [1.54, 1.807) is 0 Å². The molecule has 1 rings (SSSR count). The monoisotopic (exact) mass is 360 g/mol. The zero-order valence-corrected chi connectivity index (χ0v) is 13.3. The van der Waals surface area contributed by atoms with Gasteiger partial charge in [-0.2, -0.15) is 8.78 Å². The van der Waals surface area contributed by atoms with Crippen LogP contribution in [0, 0.1) is 10.8 Å². The SMILES string of the molecule is CC1(F)CC(C)(CF)C(F)(F)C(C)(CF)CC(C)(F)C1(F)F.F. The van der Waals surface area contributed by atoms with Crippen LogP contribution >= 0.6 is 0 Å². The van der Waals surface area contributed by atoms with Gasteiger partial charge in [0, 0.05) is 12.8 Å². The highest BCUT2D eigenvalue weighted by molar-refractivity contribution is 5.15. The Morgan fingerprint density at radius 2 is 0.870 bits per heavy atom. The molecule has 1 fully saturated rings. The molecule has 1 aliphatic carbocycles. The Labute approximate surface area is 129 Å². The average Bonchev–Trinajstić information content (AvgIpc) is 2.35. The lowest BCUT2D eigenvalue weighted by Gasteiger charge is -2.54. The molecule has 0 radical (unpaired) electrons. The fraction of sp³-hybridized carbons (Fsp3) is 1.00. The van der Waals surface area contributed by atoms with Crippen LogP contribution in [0.5, 0.6) is 0 Å². The molecule has 4 atom stereocenters. The molecule has 0 aromatic rings. The minimum atomic E-state index is -4.68. The van der Waals surface area contributed by atoms with Crippen LogP contribution in [0.15, 0.2) is 0 Å². The van der Waals surface area contributed by atoms with Crippen LogP contribution in [0.25, 0.3) is 0 Å². The van der Waals surface area contributed by atoms with Crippen molar-refractivity contribution in [3.05, 3.63) is 0 Å². The number of hydrogen-bond donors (Lipinski definition) is 0. The Kier molecular flexibility index (Phi) is 5.56. The molecule has 0 spiro atoms. The topological polar surface area (TPSA) is 0 Å². The molecule has 1 aliphatic rings.